The van der Waals surface area contributed by atoms with Crippen molar-refractivity contribution in [1.29, 1.82) is 0 Å². The summed E-state index contributed by atoms with van der Waals surface area (Å²) >= 11 is 0. The van der Waals surface area contributed by atoms with Crippen LogP contribution in [-0.4, -0.2) is 31.2 Å². The van der Waals surface area contributed by atoms with Crippen LogP contribution in [0.15, 0.2) is 12.2 Å². The fraction of sp³-hybridized carbons (Fsp3) is 0.583. The molecule has 0 rings (SSSR count). The lowest BCUT2D eigenvalue weighted by Crippen LogP contribution is -2.22. The van der Waals surface area contributed by atoms with Gasteiger partial charge in [0.15, 0.2) is 5.78 Å². The summed E-state index contributed by atoms with van der Waals surface area (Å²) in [4.78, 5) is 32.6. The zero-order valence-corrected chi connectivity index (χ0v) is 10.4. The lowest BCUT2D eigenvalue weighted by atomic mass is 10.2. The van der Waals surface area contributed by atoms with Gasteiger partial charge in [0, 0.05) is 26.1 Å². The molecule has 0 aromatic rings. The maximum atomic E-state index is 11.1. The molecule has 17 heavy (non-hydrogen) atoms. The Morgan fingerprint density at radius 1 is 1.06 bits per heavy atom. The Morgan fingerprint density at radius 3 is 2.35 bits per heavy atom. The molecule has 0 fully saturated rings. The number of hydrogen-bond acceptors (Lipinski definition) is 3. The molecule has 96 valence electrons. The molecule has 0 saturated heterocycles. The first-order chi connectivity index (χ1) is 8.06. The van der Waals surface area contributed by atoms with Crippen LogP contribution in [0, 0.1) is 0 Å². The Balaban J connectivity index is 3.42. The van der Waals surface area contributed by atoms with E-state index >= 15 is 0 Å². The van der Waals surface area contributed by atoms with E-state index < -0.39 is 0 Å². The second-order valence-electron chi connectivity index (χ2n) is 3.72. The van der Waals surface area contributed by atoms with Gasteiger partial charge in [-0.3, -0.25) is 14.4 Å². The highest BCUT2D eigenvalue weighted by Gasteiger charge is 1.98. The first kappa shape index (κ1) is 15.3. The van der Waals surface area contributed by atoms with Crippen LogP contribution in [0.2, 0.25) is 0 Å². The van der Waals surface area contributed by atoms with Crippen molar-refractivity contribution in [2.24, 2.45) is 0 Å². The standard InChI is InChI=1S/C12H20N2O3/c1-10(15)7-8-12(17)14-9-5-3-4-6-11(16)13-2/h7-8H,3-6,9H2,1-2H3,(H,13,16)(H,14,17)/b8-7-. The summed E-state index contributed by atoms with van der Waals surface area (Å²) in [6.45, 7) is 1.96. The molecule has 0 aromatic heterocycles. The summed E-state index contributed by atoms with van der Waals surface area (Å²) in [5, 5.41) is 5.21. The first-order valence-electron chi connectivity index (χ1n) is 5.73. The Bertz CT molecular complexity index is 298. The molecule has 0 saturated carbocycles. The van der Waals surface area contributed by atoms with Gasteiger partial charge < -0.3 is 10.6 Å². The van der Waals surface area contributed by atoms with E-state index in [0.29, 0.717) is 13.0 Å². The minimum atomic E-state index is -0.258. The van der Waals surface area contributed by atoms with Gasteiger partial charge in [0.1, 0.15) is 0 Å². The number of allylic oxidation sites excluding steroid dienone is 1. The van der Waals surface area contributed by atoms with Crippen molar-refractivity contribution in [2.45, 2.75) is 32.6 Å². The molecule has 0 aliphatic rings. The van der Waals surface area contributed by atoms with Gasteiger partial charge >= 0.3 is 0 Å². The van der Waals surface area contributed by atoms with Gasteiger partial charge in [-0.2, -0.15) is 0 Å². The van der Waals surface area contributed by atoms with Crippen LogP contribution in [0.1, 0.15) is 32.6 Å². The minimum Gasteiger partial charge on any atom is -0.359 e. The summed E-state index contributed by atoms with van der Waals surface area (Å²) < 4.78 is 0. The van der Waals surface area contributed by atoms with Crippen molar-refractivity contribution in [3.8, 4) is 0 Å². The van der Waals surface area contributed by atoms with Crippen LogP contribution in [-0.2, 0) is 14.4 Å². The van der Waals surface area contributed by atoms with Crippen LogP contribution in [0.5, 0.6) is 0 Å². The minimum absolute atomic E-state index is 0.0402. The van der Waals surface area contributed by atoms with Gasteiger partial charge in [-0.25, -0.2) is 0 Å². The first-order valence-corrected chi connectivity index (χ1v) is 5.73. The molecule has 0 radical (unpaired) electrons. The molecule has 0 atom stereocenters. The van der Waals surface area contributed by atoms with Crippen molar-refractivity contribution in [1.82, 2.24) is 10.6 Å². The second-order valence-corrected chi connectivity index (χ2v) is 3.72. The molecule has 0 bridgehead atoms. The van der Waals surface area contributed by atoms with E-state index in [1.165, 1.54) is 19.1 Å². The van der Waals surface area contributed by atoms with E-state index in [0.717, 1.165) is 19.3 Å². The Labute approximate surface area is 102 Å². The number of hydrogen-bond donors (Lipinski definition) is 2. The maximum Gasteiger partial charge on any atom is 0.244 e. The Hall–Kier alpha value is -1.65. The van der Waals surface area contributed by atoms with Gasteiger partial charge in [0.2, 0.25) is 11.8 Å². The average Bonchev–Trinajstić information content (AvgIpc) is 2.30. The van der Waals surface area contributed by atoms with Crippen LogP contribution in [0.25, 0.3) is 0 Å². The molecule has 0 spiro atoms. The molecule has 0 aliphatic heterocycles. The van der Waals surface area contributed by atoms with Crippen molar-refractivity contribution in [3.63, 3.8) is 0 Å². The predicted molar refractivity (Wildman–Crippen MR) is 65.4 cm³/mol. The van der Waals surface area contributed by atoms with E-state index in [2.05, 4.69) is 10.6 Å². The molecule has 0 aliphatic carbocycles. The van der Waals surface area contributed by atoms with E-state index in [1.807, 2.05) is 0 Å². The van der Waals surface area contributed by atoms with E-state index in [4.69, 9.17) is 0 Å². The topological polar surface area (TPSA) is 75.3 Å². The second kappa shape index (κ2) is 9.57. The van der Waals surface area contributed by atoms with Crippen molar-refractivity contribution < 1.29 is 14.4 Å². The molecule has 5 nitrogen and oxygen atoms in total. The van der Waals surface area contributed by atoms with Crippen LogP contribution in [0.3, 0.4) is 0 Å². The molecule has 2 N–H and O–H groups in total. The van der Waals surface area contributed by atoms with Gasteiger partial charge in [-0.1, -0.05) is 6.42 Å². The van der Waals surface area contributed by atoms with E-state index in [9.17, 15) is 14.4 Å². The summed E-state index contributed by atoms with van der Waals surface area (Å²) in [6, 6.07) is 0. The molecule has 2 amide bonds. The summed E-state index contributed by atoms with van der Waals surface area (Å²) in [5.41, 5.74) is 0. The number of unbranched alkanes of at least 4 members (excludes halogenated alkanes) is 2. The smallest absolute Gasteiger partial charge is 0.244 e. The molecular formula is C12H20N2O3. The number of nitrogens with one attached hydrogen (secondary N) is 2. The molecule has 0 aromatic carbocycles. The van der Waals surface area contributed by atoms with Crippen molar-refractivity contribution in [2.75, 3.05) is 13.6 Å². The lowest BCUT2D eigenvalue weighted by Gasteiger charge is -2.02. The fourth-order valence-electron chi connectivity index (χ4n) is 1.18. The molecule has 5 heteroatoms. The number of carbonyl (C=O) groups is 3. The third-order valence-corrected chi connectivity index (χ3v) is 2.13. The Morgan fingerprint density at radius 2 is 1.76 bits per heavy atom. The largest absolute Gasteiger partial charge is 0.359 e. The van der Waals surface area contributed by atoms with Crippen LogP contribution < -0.4 is 10.6 Å². The highest BCUT2D eigenvalue weighted by atomic mass is 16.2. The molecule has 0 unspecified atom stereocenters. The zero-order valence-electron chi connectivity index (χ0n) is 10.4. The third-order valence-electron chi connectivity index (χ3n) is 2.13. The number of amides is 2. The third kappa shape index (κ3) is 10.6. The Kier molecular flexibility index (Phi) is 8.64. The van der Waals surface area contributed by atoms with Crippen LogP contribution in [0.4, 0.5) is 0 Å². The number of rotatable bonds is 8. The number of carbonyl (C=O) groups excluding carboxylic acids is 3. The van der Waals surface area contributed by atoms with Gasteiger partial charge in [-0.05, 0) is 25.8 Å². The van der Waals surface area contributed by atoms with Crippen LogP contribution >= 0.6 is 0 Å². The normalized spacial score (nSPS) is 10.2. The average molecular weight is 240 g/mol. The van der Waals surface area contributed by atoms with E-state index in [1.54, 1.807) is 7.05 Å². The van der Waals surface area contributed by atoms with Gasteiger partial charge in [-0.15, -0.1) is 0 Å². The predicted octanol–water partition coefficient (Wildman–Crippen LogP) is 0.554. The molecule has 0 heterocycles. The monoisotopic (exact) mass is 240 g/mol. The fourth-order valence-corrected chi connectivity index (χ4v) is 1.18. The lowest BCUT2D eigenvalue weighted by molar-refractivity contribution is -0.120. The highest BCUT2D eigenvalue weighted by Crippen LogP contribution is 1.98. The van der Waals surface area contributed by atoms with Crippen molar-refractivity contribution >= 4 is 17.6 Å². The highest BCUT2D eigenvalue weighted by molar-refractivity contribution is 5.96. The number of ketones is 1. The van der Waals surface area contributed by atoms with Gasteiger partial charge in [0.25, 0.3) is 0 Å². The summed E-state index contributed by atoms with van der Waals surface area (Å²) in [6.07, 6.45) is 5.53. The summed E-state index contributed by atoms with van der Waals surface area (Å²) in [7, 11) is 1.61. The SMILES string of the molecule is CNC(=O)CCCCCNC(=O)/C=C\C(C)=O. The molecular weight excluding hydrogens is 220 g/mol. The van der Waals surface area contributed by atoms with Crippen molar-refractivity contribution in [3.05, 3.63) is 12.2 Å². The van der Waals surface area contributed by atoms with E-state index in [-0.39, 0.29) is 17.6 Å². The maximum absolute atomic E-state index is 11.1. The summed E-state index contributed by atoms with van der Waals surface area (Å²) in [5.74, 6) is -0.365. The zero-order chi connectivity index (χ0) is 13.1. The quantitative estimate of drug-likeness (QED) is 0.480. The van der Waals surface area contributed by atoms with Gasteiger partial charge in [0.05, 0.1) is 0 Å².